The van der Waals surface area contributed by atoms with E-state index < -0.39 is 0 Å². The highest BCUT2D eigenvalue weighted by atomic mass is 16.5. The fourth-order valence-corrected chi connectivity index (χ4v) is 2.35. The number of hydrogen-bond donors (Lipinski definition) is 2. The van der Waals surface area contributed by atoms with Gasteiger partial charge in [0.05, 0.1) is 12.1 Å². The van der Waals surface area contributed by atoms with Gasteiger partial charge in [-0.1, -0.05) is 17.3 Å². The molecule has 20 heavy (non-hydrogen) atoms. The number of hydrogen-bond acceptors (Lipinski definition) is 6. The zero-order valence-corrected chi connectivity index (χ0v) is 11.2. The van der Waals surface area contributed by atoms with Gasteiger partial charge in [0.15, 0.2) is 5.82 Å². The van der Waals surface area contributed by atoms with Crippen LogP contribution in [-0.4, -0.2) is 35.0 Å². The third-order valence-electron chi connectivity index (χ3n) is 3.50. The molecule has 0 radical (unpaired) electrons. The van der Waals surface area contributed by atoms with Crippen LogP contribution in [0.1, 0.15) is 29.7 Å². The molecule has 106 valence electrons. The van der Waals surface area contributed by atoms with Crippen molar-refractivity contribution in [3.05, 3.63) is 41.5 Å². The zero-order chi connectivity index (χ0) is 13.9. The molecule has 1 aromatic carbocycles. The SMILES string of the molecule is COC1CNC(c2nc(Cc3ccc(O)cc3)no2)C1. The summed E-state index contributed by atoms with van der Waals surface area (Å²) in [6.07, 6.45) is 1.63. The summed E-state index contributed by atoms with van der Waals surface area (Å²) in [7, 11) is 1.71. The van der Waals surface area contributed by atoms with Gasteiger partial charge in [-0.15, -0.1) is 0 Å². The van der Waals surface area contributed by atoms with E-state index >= 15 is 0 Å². The molecule has 1 fully saturated rings. The first-order valence-electron chi connectivity index (χ1n) is 6.61. The van der Waals surface area contributed by atoms with Crippen LogP contribution in [0.4, 0.5) is 0 Å². The van der Waals surface area contributed by atoms with Gasteiger partial charge in [0, 0.05) is 20.1 Å². The smallest absolute Gasteiger partial charge is 0.243 e. The van der Waals surface area contributed by atoms with Crippen LogP contribution in [0.25, 0.3) is 0 Å². The topological polar surface area (TPSA) is 80.4 Å². The molecule has 3 rings (SSSR count). The van der Waals surface area contributed by atoms with Gasteiger partial charge in [0.25, 0.3) is 0 Å². The van der Waals surface area contributed by atoms with Gasteiger partial charge in [-0.2, -0.15) is 4.98 Å². The monoisotopic (exact) mass is 275 g/mol. The highest BCUT2D eigenvalue weighted by Gasteiger charge is 2.29. The molecule has 2 atom stereocenters. The Hall–Kier alpha value is -1.92. The number of aromatic hydroxyl groups is 1. The average Bonchev–Trinajstić information content (AvgIpc) is 3.10. The molecule has 0 amide bonds. The van der Waals surface area contributed by atoms with Crippen LogP contribution < -0.4 is 5.32 Å². The van der Waals surface area contributed by atoms with E-state index in [1.807, 2.05) is 12.1 Å². The molecule has 6 heteroatoms. The predicted molar refractivity (Wildman–Crippen MR) is 71.4 cm³/mol. The molecule has 2 N–H and O–H groups in total. The standard InChI is InChI=1S/C14H17N3O3/c1-19-11-7-12(15-8-11)14-16-13(17-20-14)6-9-2-4-10(18)5-3-9/h2-5,11-12,15,18H,6-8H2,1H3. The molecule has 0 aliphatic carbocycles. The van der Waals surface area contributed by atoms with E-state index in [1.54, 1.807) is 19.2 Å². The summed E-state index contributed by atoms with van der Waals surface area (Å²) in [4.78, 5) is 4.42. The summed E-state index contributed by atoms with van der Waals surface area (Å²) in [5.41, 5.74) is 1.03. The van der Waals surface area contributed by atoms with Crippen molar-refractivity contribution in [1.29, 1.82) is 0 Å². The van der Waals surface area contributed by atoms with Crippen LogP contribution in [0.3, 0.4) is 0 Å². The second-order valence-electron chi connectivity index (χ2n) is 4.95. The van der Waals surface area contributed by atoms with Crippen molar-refractivity contribution in [3.8, 4) is 5.75 Å². The number of rotatable bonds is 4. The summed E-state index contributed by atoms with van der Waals surface area (Å²) < 4.78 is 10.6. The fourth-order valence-electron chi connectivity index (χ4n) is 2.35. The van der Waals surface area contributed by atoms with Gasteiger partial charge in [-0.05, 0) is 24.1 Å². The van der Waals surface area contributed by atoms with E-state index in [-0.39, 0.29) is 17.9 Å². The van der Waals surface area contributed by atoms with E-state index in [0.717, 1.165) is 18.5 Å². The molecule has 1 aromatic heterocycles. The van der Waals surface area contributed by atoms with E-state index in [0.29, 0.717) is 18.1 Å². The maximum absolute atomic E-state index is 9.25. The molecule has 6 nitrogen and oxygen atoms in total. The molecular weight excluding hydrogens is 258 g/mol. The van der Waals surface area contributed by atoms with Crippen molar-refractivity contribution >= 4 is 0 Å². The van der Waals surface area contributed by atoms with Crippen LogP contribution in [0.15, 0.2) is 28.8 Å². The summed E-state index contributed by atoms with van der Waals surface area (Å²) in [5, 5.41) is 16.6. The molecule has 1 aliphatic rings. The molecule has 1 aliphatic heterocycles. The summed E-state index contributed by atoms with van der Waals surface area (Å²) >= 11 is 0. The lowest BCUT2D eigenvalue weighted by Crippen LogP contribution is -2.16. The minimum absolute atomic E-state index is 0.0704. The van der Waals surface area contributed by atoms with Gasteiger partial charge in [-0.3, -0.25) is 0 Å². The van der Waals surface area contributed by atoms with Crippen LogP contribution in [0, 0.1) is 0 Å². The Bertz CT molecular complexity index is 567. The van der Waals surface area contributed by atoms with Crippen molar-refractivity contribution in [3.63, 3.8) is 0 Å². The fraction of sp³-hybridized carbons (Fsp3) is 0.429. The van der Waals surface area contributed by atoms with E-state index in [9.17, 15) is 5.11 Å². The first-order chi connectivity index (χ1) is 9.74. The highest BCUT2D eigenvalue weighted by Crippen LogP contribution is 2.23. The first-order valence-corrected chi connectivity index (χ1v) is 6.61. The number of phenolic OH excluding ortho intramolecular Hbond substituents is 1. The number of benzene rings is 1. The van der Waals surface area contributed by atoms with Gasteiger partial charge < -0.3 is 19.7 Å². The van der Waals surface area contributed by atoms with E-state index in [4.69, 9.17) is 9.26 Å². The minimum Gasteiger partial charge on any atom is -0.508 e. The minimum atomic E-state index is 0.0704. The Morgan fingerprint density at radius 2 is 2.20 bits per heavy atom. The molecule has 2 aromatic rings. The number of nitrogens with one attached hydrogen (secondary N) is 1. The van der Waals surface area contributed by atoms with Crippen molar-refractivity contribution in [2.24, 2.45) is 0 Å². The Kier molecular flexibility index (Phi) is 3.66. The normalized spacial score (nSPS) is 22.2. The Labute approximate surface area is 116 Å². The number of phenols is 1. The van der Waals surface area contributed by atoms with Gasteiger partial charge in [-0.25, -0.2) is 0 Å². The quantitative estimate of drug-likeness (QED) is 0.878. The lowest BCUT2D eigenvalue weighted by atomic mass is 10.1. The predicted octanol–water partition coefficient (Wildman–Crippen LogP) is 1.42. The number of ether oxygens (including phenoxy) is 1. The number of methoxy groups -OCH3 is 1. The first kappa shape index (κ1) is 13.1. The largest absolute Gasteiger partial charge is 0.508 e. The van der Waals surface area contributed by atoms with E-state index in [1.165, 1.54) is 0 Å². The summed E-state index contributed by atoms with van der Waals surface area (Å²) in [5.74, 6) is 1.51. The van der Waals surface area contributed by atoms with Crippen molar-refractivity contribution in [2.75, 3.05) is 13.7 Å². The average molecular weight is 275 g/mol. The highest BCUT2D eigenvalue weighted by molar-refractivity contribution is 5.27. The van der Waals surface area contributed by atoms with Gasteiger partial charge in [0.1, 0.15) is 5.75 Å². The second-order valence-corrected chi connectivity index (χ2v) is 4.95. The lowest BCUT2D eigenvalue weighted by Gasteiger charge is -2.04. The van der Waals surface area contributed by atoms with Crippen molar-refractivity contribution in [1.82, 2.24) is 15.5 Å². The molecule has 1 saturated heterocycles. The Morgan fingerprint density at radius 1 is 1.40 bits per heavy atom. The molecular formula is C14H17N3O3. The third-order valence-corrected chi connectivity index (χ3v) is 3.50. The second kappa shape index (κ2) is 5.60. The van der Waals surface area contributed by atoms with Crippen LogP contribution in [0.5, 0.6) is 5.75 Å². The van der Waals surface area contributed by atoms with Gasteiger partial charge >= 0.3 is 0 Å². The van der Waals surface area contributed by atoms with Crippen molar-refractivity contribution < 1.29 is 14.4 Å². The third kappa shape index (κ3) is 2.81. The maximum Gasteiger partial charge on any atom is 0.243 e. The molecule has 2 unspecified atom stereocenters. The Balaban J connectivity index is 1.66. The molecule has 0 spiro atoms. The molecule has 2 heterocycles. The molecule has 0 bridgehead atoms. The maximum atomic E-state index is 9.25. The number of nitrogens with zero attached hydrogens (tertiary/aromatic N) is 2. The summed E-state index contributed by atoms with van der Waals surface area (Å²) in [6.45, 7) is 0.802. The van der Waals surface area contributed by atoms with Crippen LogP contribution in [0.2, 0.25) is 0 Å². The zero-order valence-electron chi connectivity index (χ0n) is 11.2. The van der Waals surface area contributed by atoms with Crippen molar-refractivity contribution in [2.45, 2.75) is 25.0 Å². The van der Waals surface area contributed by atoms with Crippen LogP contribution in [-0.2, 0) is 11.2 Å². The van der Waals surface area contributed by atoms with Gasteiger partial charge in [0.2, 0.25) is 5.89 Å². The Morgan fingerprint density at radius 3 is 2.90 bits per heavy atom. The lowest BCUT2D eigenvalue weighted by molar-refractivity contribution is 0.116. The molecule has 0 saturated carbocycles. The summed E-state index contributed by atoms with van der Waals surface area (Å²) in [6, 6.07) is 7.07. The number of aromatic nitrogens is 2. The van der Waals surface area contributed by atoms with Crippen LogP contribution >= 0.6 is 0 Å². The van der Waals surface area contributed by atoms with E-state index in [2.05, 4.69) is 15.5 Å².